The molecule has 0 saturated heterocycles. The molecule has 3 atom stereocenters. The first-order valence-corrected chi connectivity index (χ1v) is 14.0. The zero-order valence-corrected chi connectivity index (χ0v) is 24.5. The topological polar surface area (TPSA) is 124 Å². The first-order valence-electron chi connectivity index (χ1n) is 14.0. The van der Waals surface area contributed by atoms with Crippen LogP contribution in [-0.2, 0) is 17.4 Å². The van der Waals surface area contributed by atoms with E-state index in [-0.39, 0.29) is 49.5 Å². The molecule has 2 aromatic carbocycles. The minimum atomic E-state index is -4.49. The maximum atomic E-state index is 13.4. The Morgan fingerprint density at radius 2 is 1.75 bits per heavy atom. The summed E-state index contributed by atoms with van der Waals surface area (Å²) >= 11 is 0. The van der Waals surface area contributed by atoms with Crippen LogP contribution in [0, 0.1) is 5.92 Å². The third-order valence-corrected chi connectivity index (χ3v) is 7.38. The van der Waals surface area contributed by atoms with Gasteiger partial charge in [0, 0.05) is 54.4 Å². The van der Waals surface area contributed by atoms with Gasteiger partial charge in [-0.2, -0.15) is 13.2 Å². The van der Waals surface area contributed by atoms with E-state index in [2.05, 4.69) is 15.6 Å². The number of anilines is 2. The van der Waals surface area contributed by atoms with E-state index < -0.39 is 29.9 Å². The lowest BCUT2D eigenvalue weighted by Crippen LogP contribution is -2.48. The number of rotatable bonds is 7. The van der Waals surface area contributed by atoms with Crippen LogP contribution in [0.2, 0.25) is 0 Å². The molecule has 4 amide bonds. The highest BCUT2D eigenvalue weighted by Crippen LogP contribution is 2.31. The molecule has 44 heavy (non-hydrogen) atoms. The van der Waals surface area contributed by atoms with Crippen LogP contribution in [0.5, 0.6) is 5.75 Å². The van der Waals surface area contributed by atoms with Crippen LogP contribution in [0.4, 0.5) is 29.3 Å². The highest BCUT2D eigenvalue weighted by atomic mass is 19.4. The Balaban J connectivity index is 1.55. The summed E-state index contributed by atoms with van der Waals surface area (Å²) in [6.07, 6.45) is -2.15. The number of aromatic nitrogens is 1. The number of carbonyl (C=O) groups is 3. The van der Waals surface area contributed by atoms with Crippen molar-refractivity contribution in [2.45, 2.75) is 38.6 Å². The highest BCUT2D eigenvalue weighted by Gasteiger charge is 2.32. The number of likely N-dealkylation sites (N-methyl/N-ethyl adjacent to an activating group) is 1. The Bertz CT molecular complexity index is 1470. The number of hydrogen-bond donors (Lipinski definition) is 3. The third kappa shape index (κ3) is 8.04. The van der Waals surface area contributed by atoms with Crippen molar-refractivity contribution in [2.75, 3.05) is 37.4 Å². The van der Waals surface area contributed by atoms with Crippen LogP contribution in [-0.4, -0.2) is 76.6 Å². The monoisotopic (exact) mass is 613 g/mol. The van der Waals surface area contributed by atoms with Crippen LogP contribution >= 0.6 is 0 Å². The number of hydrogen-bond acceptors (Lipinski definition) is 6. The van der Waals surface area contributed by atoms with Crippen molar-refractivity contribution in [3.05, 3.63) is 83.7 Å². The molecule has 4 rings (SSSR count). The van der Waals surface area contributed by atoms with Crippen LogP contribution in [0.3, 0.4) is 0 Å². The molecule has 1 aliphatic heterocycles. The van der Waals surface area contributed by atoms with Crippen molar-refractivity contribution < 1.29 is 37.4 Å². The molecule has 0 unspecified atom stereocenters. The Morgan fingerprint density at radius 3 is 2.39 bits per heavy atom. The van der Waals surface area contributed by atoms with E-state index >= 15 is 0 Å². The first-order chi connectivity index (χ1) is 20.8. The summed E-state index contributed by atoms with van der Waals surface area (Å²) in [6, 6.07) is 11.2. The number of benzene rings is 2. The summed E-state index contributed by atoms with van der Waals surface area (Å²) in [5.74, 6) is -0.501. The Kier molecular flexibility index (Phi) is 10.1. The Hall–Kier alpha value is -4.65. The van der Waals surface area contributed by atoms with Crippen molar-refractivity contribution in [2.24, 2.45) is 5.92 Å². The molecule has 0 saturated carbocycles. The number of amides is 4. The summed E-state index contributed by atoms with van der Waals surface area (Å²) in [7, 11) is 1.53. The van der Waals surface area contributed by atoms with E-state index in [1.54, 1.807) is 42.2 Å². The highest BCUT2D eigenvalue weighted by molar-refractivity contribution is 6.04. The lowest BCUT2D eigenvalue weighted by Gasteiger charge is -2.34. The standard InChI is InChI=1S/C31H34F3N5O5/c1-19-16-39(20(2)18-40)28(41)15-22-14-25(36-29(42)21-10-12-35-13-11-21)8-9-26(22)44-27(19)17-38(3)30(43)37-24-6-4-23(5-7-24)31(32,33)34/h4-14,19-20,27,40H,15-18H2,1-3H3,(H,36,42)(H,37,43)/t19-,20+,27+/m0/s1. The molecule has 0 bridgehead atoms. The van der Waals surface area contributed by atoms with Gasteiger partial charge in [-0.1, -0.05) is 6.92 Å². The van der Waals surface area contributed by atoms with E-state index in [4.69, 9.17) is 4.74 Å². The molecule has 1 aromatic heterocycles. The van der Waals surface area contributed by atoms with Gasteiger partial charge in [-0.15, -0.1) is 0 Å². The van der Waals surface area contributed by atoms with E-state index in [9.17, 15) is 32.7 Å². The van der Waals surface area contributed by atoms with Gasteiger partial charge in [0.05, 0.1) is 31.2 Å². The van der Waals surface area contributed by atoms with Gasteiger partial charge >= 0.3 is 12.2 Å². The quantitative estimate of drug-likeness (QED) is 0.356. The fourth-order valence-corrected chi connectivity index (χ4v) is 4.75. The third-order valence-electron chi connectivity index (χ3n) is 7.38. The molecule has 0 fully saturated rings. The van der Waals surface area contributed by atoms with Crippen molar-refractivity contribution in [1.29, 1.82) is 0 Å². The summed E-state index contributed by atoms with van der Waals surface area (Å²) in [4.78, 5) is 45.9. The molecule has 0 spiro atoms. The van der Waals surface area contributed by atoms with Gasteiger partial charge < -0.3 is 30.3 Å². The number of pyridine rings is 1. The van der Waals surface area contributed by atoms with Gasteiger partial charge in [0.2, 0.25) is 5.91 Å². The van der Waals surface area contributed by atoms with Crippen LogP contribution in [0.1, 0.15) is 35.3 Å². The Labute approximate surface area is 252 Å². The second kappa shape index (κ2) is 13.8. The minimum Gasteiger partial charge on any atom is -0.488 e. The number of alkyl halides is 3. The van der Waals surface area contributed by atoms with E-state index in [0.717, 1.165) is 12.1 Å². The van der Waals surface area contributed by atoms with Crippen molar-refractivity contribution in [3.63, 3.8) is 0 Å². The zero-order chi connectivity index (χ0) is 32.0. The molecule has 0 radical (unpaired) electrons. The maximum absolute atomic E-state index is 13.4. The number of urea groups is 1. The number of aliphatic hydroxyl groups excluding tert-OH is 1. The number of halogens is 3. The van der Waals surface area contributed by atoms with E-state index in [1.165, 1.54) is 36.5 Å². The predicted octanol–water partition coefficient (Wildman–Crippen LogP) is 4.67. The molecule has 3 aromatic rings. The fraction of sp³-hybridized carbons (Fsp3) is 0.355. The summed E-state index contributed by atoms with van der Waals surface area (Å²) < 4.78 is 45.1. The molecular weight excluding hydrogens is 579 g/mol. The predicted molar refractivity (Wildman–Crippen MR) is 157 cm³/mol. The van der Waals surface area contributed by atoms with Gasteiger partial charge in [0.1, 0.15) is 11.9 Å². The number of nitrogens with zero attached hydrogens (tertiary/aromatic N) is 3. The van der Waals surface area contributed by atoms with E-state index in [1.807, 2.05) is 6.92 Å². The summed E-state index contributed by atoms with van der Waals surface area (Å²) in [5, 5.41) is 15.3. The number of aliphatic hydroxyl groups is 1. The lowest BCUT2D eigenvalue weighted by atomic mass is 10.0. The molecule has 2 heterocycles. The molecule has 0 aliphatic carbocycles. The van der Waals surface area contributed by atoms with Gasteiger partial charge in [0.25, 0.3) is 5.91 Å². The second-order valence-electron chi connectivity index (χ2n) is 10.8. The summed E-state index contributed by atoms with van der Waals surface area (Å²) in [5.41, 5.74) is 0.727. The maximum Gasteiger partial charge on any atom is 0.416 e. The van der Waals surface area contributed by atoms with Crippen LogP contribution in [0.25, 0.3) is 0 Å². The first kappa shape index (κ1) is 32.3. The largest absolute Gasteiger partial charge is 0.488 e. The van der Waals surface area contributed by atoms with Gasteiger partial charge in [-0.25, -0.2) is 4.79 Å². The molecular formula is C31H34F3N5O5. The van der Waals surface area contributed by atoms with Crippen LogP contribution in [0.15, 0.2) is 67.0 Å². The molecule has 13 heteroatoms. The number of nitrogens with one attached hydrogen (secondary N) is 2. The normalized spacial score (nSPS) is 17.7. The SMILES string of the molecule is C[C@H](CO)N1C[C@H](C)[C@@H](CN(C)C(=O)Nc2ccc(C(F)(F)F)cc2)Oc2ccc(NC(=O)c3ccncc3)cc2CC1=O. The summed E-state index contributed by atoms with van der Waals surface area (Å²) in [6.45, 7) is 3.65. The van der Waals surface area contributed by atoms with Crippen molar-refractivity contribution in [1.82, 2.24) is 14.8 Å². The smallest absolute Gasteiger partial charge is 0.416 e. The number of carbonyl (C=O) groups excluding carboxylic acids is 3. The molecule has 10 nitrogen and oxygen atoms in total. The number of fused-ring (bicyclic) bond motifs is 1. The number of ether oxygens (including phenoxy) is 1. The van der Waals surface area contributed by atoms with Gasteiger partial charge in [-0.05, 0) is 61.5 Å². The fourth-order valence-electron chi connectivity index (χ4n) is 4.75. The second-order valence-corrected chi connectivity index (χ2v) is 10.8. The van der Waals surface area contributed by atoms with Gasteiger partial charge in [0.15, 0.2) is 0 Å². The van der Waals surface area contributed by atoms with Gasteiger partial charge in [-0.3, -0.25) is 14.6 Å². The van der Waals surface area contributed by atoms with Crippen molar-refractivity contribution in [3.8, 4) is 5.75 Å². The molecule has 234 valence electrons. The average molecular weight is 614 g/mol. The lowest BCUT2D eigenvalue weighted by molar-refractivity contribution is -0.137. The molecule has 3 N–H and O–H groups in total. The zero-order valence-electron chi connectivity index (χ0n) is 24.5. The van der Waals surface area contributed by atoms with E-state index in [0.29, 0.717) is 22.6 Å². The van der Waals surface area contributed by atoms with Crippen LogP contribution < -0.4 is 15.4 Å². The minimum absolute atomic E-state index is 0.0532. The Morgan fingerprint density at radius 1 is 1.09 bits per heavy atom. The average Bonchev–Trinajstić information content (AvgIpc) is 3.04. The molecule has 1 aliphatic rings. The van der Waals surface area contributed by atoms with Crippen molar-refractivity contribution >= 4 is 29.2 Å².